The summed E-state index contributed by atoms with van der Waals surface area (Å²) in [4.78, 5) is 17.5. The zero-order valence-electron chi connectivity index (χ0n) is 9.70. The number of benzene rings is 1. The Kier molecular flexibility index (Phi) is 2.96. The maximum absolute atomic E-state index is 10.5. The Labute approximate surface area is 112 Å². The van der Waals surface area contributed by atoms with Crippen molar-refractivity contribution in [2.45, 2.75) is 10.9 Å². The van der Waals surface area contributed by atoms with Crippen LogP contribution in [0.25, 0.3) is 11.0 Å². The molecule has 2 heterocycles. The predicted molar refractivity (Wildman–Crippen MR) is 71.0 cm³/mol. The van der Waals surface area contributed by atoms with Crippen molar-refractivity contribution in [2.24, 2.45) is 0 Å². The van der Waals surface area contributed by atoms with Crippen LogP contribution in [0.5, 0.6) is 0 Å². The van der Waals surface area contributed by atoms with E-state index in [0.717, 1.165) is 16.2 Å². The summed E-state index contributed by atoms with van der Waals surface area (Å²) in [5.74, 6) is 0.811. The number of H-pyrrole nitrogens is 1. The van der Waals surface area contributed by atoms with Gasteiger partial charge in [-0.25, -0.2) is 4.98 Å². The topological polar surface area (TPSA) is 85.0 Å². The number of aromatic amines is 1. The van der Waals surface area contributed by atoms with Crippen LogP contribution in [0.2, 0.25) is 0 Å². The van der Waals surface area contributed by atoms with Crippen molar-refractivity contribution in [2.75, 3.05) is 0 Å². The number of aromatic nitrogens is 2. The first-order valence-corrected chi connectivity index (χ1v) is 6.51. The van der Waals surface area contributed by atoms with Crippen LogP contribution in [0.15, 0.2) is 46.0 Å². The maximum atomic E-state index is 10.5. The average molecular weight is 275 g/mol. The molecule has 2 aromatic heterocycles. The number of thioether (sulfide) groups is 1. The molecule has 7 heteroatoms. The highest BCUT2D eigenvalue weighted by molar-refractivity contribution is 7.98. The lowest BCUT2D eigenvalue weighted by molar-refractivity contribution is -0.402. The van der Waals surface area contributed by atoms with Gasteiger partial charge >= 0.3 is 5.88 Å². The molecule has 0 unspecified atom stereocenters. The quantitative estimate of drug-likeness (QED) is 0.448. The smallest absolute Gasteiger partial charge is 0.405 e. The van der Waals surface area contributed by atoms with E-state index in [9.17, 15) is 10.1 Å². The van der Waals surface area contributed by atoms with E-state index in [2.05, 4.69) is 9.97 Å². The molecule has 0 amide bonds. The number of para-hydroxylation sites is 2. The van der Waals surface area contributed by atoms with Crippen LogP contribution >= 0.6 is 11.8 Å². The monoisotopic (exact) mass is 275 g/mol. The molecule has 0 fully saturated rings. The van der Waals surface area contributed by atoms with Crippen molar-refractivity contribution in [1.29, 1.82) is 0 Å². The number of nitrogens with one attached hydrogen (secondary N) is 1. The number of nitro groups is 1. The molecular weight excluding hydrogens is 266 g/mol. The number of rotatable bonds is 4. The lowest BCUT2D eigenvalue weighted by Gasteiger charge is -1.92. The van der Waals surface area contributed by atoms with Crippen LogP contribution in [-0.2, 0) is 5.75 Å². The van der Waals surface area contributed by atoms with Crippen molar-refractivity contribution in [3.63, 3.8) is 0 Å². The highest BCUT2D eigenvalue weighted by atomic mass is 32.2. The highest BCUT2D eigenvalue weighted by Gasteiger charge is 2.12. The molecule has 0 bridgehead atoms. The molecular formula is C12H9N3O3S. The predicted octanol–water partition coefficient (Wildman–Crippen LogP) is 3.36. The molecule has 1 aromatic carbocycles. The molecule has 0 atom stereocenters. The van der Waals surface area contributed by atoms with Gasteiger partial charge in [-0.3, -0.25) is 10.1 Å². The Bertz CT molecular complexity index is 701. The van der Waals surface area contributed by atoms with E-state index in [1.54, 1.807) is 6.07 Å². The minimum atomic E-state index is -0.546. The number of furan rings is 1. The SMILES string of the molecule is O=[N+]([O-])c1ccc(CSc2nc3ccccc3[nH]2)o1. The fraction of sp³-hybridized carbons (Fsp3) is 0.0833. The highest BCUT2D eigenvalue weighted by Crippen LogP contribution is 2.25. The standard InChI is InChI=1S/C12H9N3O3S/c16-15(17)11-6-5-8(18-11)7-19-12-13-9-3-1-2-4-10(9)14-12/h1-6H,7H2,(H,13,14). The molecule has 0 saturated carbocycles. The van der Waals surface area contributed by atoms with Gasteiger partial charge in [0.2, 0.25) is 0 Å². The molecule has 0 radical (unpaired) electrons. The van der Waals surface area contributed by atoms with Gasteiger partial charge in [-0.15, -0.1) is 0 Å². The molecule has 0 spiro atoms. The summed E-state index contributed by atoms with van der Waals surface area (Å²) in [5.41, 5.74) is 1.87. The zero-order valence-corrected chi connectivity index (χ0v) is 10.5. The minimum Gasteiger partial charge on any atom is -0.405 e. The third-order valence-electron chi connectivity index (χ3n) is 2.55. The summed E-state index contributed by atoms with van der Waals surface area (Å²) in [6, 6.07) is 10.7. The third kappa shape index (κ3) is 2.45. The Hall–Kier alpha value is -2.28. The van der Waals surface area contributed by atoms with Gasteiger partial charge in [-0.1, -0.05) is 23.9 Å². The molecule has 0 aliphatic heterocycles. The number of fused-ring (bicyclic) bond motifs is 1. The van der Waals surface area contributed by atoms with E-state index in [-0.39, 0.29) is 5.88 Å². The van der Waals surface area contributed by atoms with Crippen molar-refractivity contribution >= 4 is 28.7 Å². The molecule has 0 saturated heterocycles. The zero-order chi connectivity index (χ0) is 13.2. The van der Waals surface area contributed by atoms with E-state index in [1.807, 2.05) is 24.3 Å². The maximum Gasteiger partial charge on any atom is 0.433 e. The van der Waals surface area contributed by atoms with E-state index < -0.39 is 4.92 Å². The van der Waals surface area contributed by atoms with E-state index in [1.165, 1.54) is 17.8 Å². The van der Waals surface area contributed by atoms with Crippen molar-refractivity contribution < 1.29 is 9.34 Å². The molecule has 96 valence electrons. The fourth-order valence-corrected chi connectivity index (χ4v) is 2.46. The summed E-state index contributed by atoms with van der Waals surface area (Å²) in [6.45, 7) is 0. The molecule has 6 nitrogen and oxygen atoms in total. The Morgan fingerprint density at radius 1 is 1.32 bits per heavy atom. The van der Waals surface area contributed by atoms with E-state index >= 15 is 0 Å². The van der Waals surface area contributed by atoms with Crippen molar-refractivity contribution in [3.8, 4) is 0 Å². The second-order valence-corrected chi connectivity index (χ2v) is 4.81. The first-order valence-electron chi connectivity index (χ1n) is 5.53. The third-order valence-corrected chi connectivity index (χ3v) is 3.44. The summed E-state index contributed by atoms with van der Waals surface area (Å²) < 4.78 is 5.08. The van der Waals surface area contributed by atoms with Gasteiger partial charge in [0, 0.05) is 0 Å². The van der Waals surface area contributed by atoms with Crippen LogP contribution in [0, 0.1) is 10.1 Å². The minimum absolute atomic E-state index is 0.236. The van der Waals surface area contributed by atoms with Gasteiger partial charge in [-0.05, 0) is 18.2 Å². The Balaban J connectivity index is 1.72. The molecule has 1 N–H and O–H groups in total. The van der Waals surface area contributed by atoms with E-state index in [0.29, 0.717) is 11.5 Å². The lowest BCUT2D eigenvalue weighted by atomic mass is 10.3. The molecule has 3 aromatic rings. The van der Waals surface area contributed by atoms with Crippen LogP contribution < -0.4 is 0 Å². The summed E-state index contributed by atoms with van der Waals surface area (Å²) in [7, 11) is 0. The molecule has 0 aliphatic rings. The number of hydrogen-bond acceptors (Lipinski definition) is 5. The van der Waals surface area contributed by atoms with Crippen molar-refractivity contribution in [1.82, 2.24) is 9.97 Å². The number of imidazole rings is 1. The lowest BCUT2D eigenvalue weighted by Crippen LogP contribution is -1.83. The van der Waals surface area contributed by atoms with Crippen LogP contribution in [-0.4, -0.2) is 14.9 Å². The largest absolute Gasteiger partial charge is 0.433 e. The normalized spacial score (nSPS) is 10.9. The number of nitrogens with zero attached hydrogens (tertiary/aromatic N) is 2. The first-order chi connectivity index (χ1) is 9.22. The van der Waals surface area contributed by atoms with Crippen LogP contribution in [0.4, 0.5) is 5.88 Å². The van der Waals surface area contributed by atoms with Gasteiger partial charge in [0.05, 0.1) is 22.9 Å². The Morgan fingerprint density at radius 2 is 2.16 bits per heavy atom. The van der Waals surface area contributed by atoms with Gasteiger partial charge in [-0.2, -0.15) is 0 Å². The Morgan fingerprint density at radius 3 is 2.89 bits per heavy atom. The second kappa shape index (κ2) is 4.77. The summed E-state index contributed by atoms with van der Waals surface area (Å²) in [6.07, 6.45) is 0. The summed E-state index contributed by atoms with van der Waals surface area (Å²) in [5, 5.41) is 11.3. The molecule has 3 rings (SSSR count). The van der Waals surface area contributed by atoms with Crippen molar-refractivity contribution in [3.05, 3.63) is 52.3 Å². The van der Waals surface area contributed by atoms with Gasteiger partial charge < -0.3 is 9.40 Å². The molecule has 19 heavy (non-hydrogen) atoms. The van der Waals surface area contributed by atoms with Gasteiger partial charge in [0.1, 0.15) is 10.7 Å². The van der Waals surface area contributed by atoms with Gasteiger partial charge in [0.15, 0.2) is 5.16 Å². The average Bonchev–Trinajstić information content (AvgIpc) is 3.02. The van der Waals surface area contributed by atoms with E-state index in [4.69, 9.17) is 4.42 Å². The summed E-state index contributed by atoms with van der Waals surface area (Å²) >= 11 is 1.44. The molecule has 0 aliphatic carbocycles. The first kappa shape index (κ1) is 11.8. The number of hydrogen-bond donors (Lipinski definition) is 1. The van der Waals surface area contributed by atoms with Gasteiger partial charge in [0.25, 0.3) is 0 Å². The second-order valence-electron chi connectivity index (χ2n) is 3.84. The fourth-order valence-electron chi connectivity index (χ4n) is 1.68. The van der Waals surface area contributed by atoms with Crippen LogP contribution in [0.1, 0.15) is 5.76 Å². The van der Waals surface area contributed by atoms with Crippen LogP contribution in [0.3, 0.4) is 0 Å².